The Bertz CT molecular complexity index is 545. The number of hydrogen-bond donors (Lipinski definition) is 0. The largest absolute Gasteiger partial charge is 0.373 e. The molecule has 0 radical (unpaired) electrons. The van der Waals surface area contributed by atoms with E-state index in [1.165, 1.54) is 24.3 Å². The van der Waals surface area contributed by atoms with Gasteiger partial charge in [-0.25, -0.2) is 4.39 Å². The molecule has 4 nitrogen and oxygen atoms in total. The highest BCUT2D eigenvalue weighted by molar-refractivity contribution is 5.94. The summed E-state index contributed by atoms with van der Waals surface area (Å²) in [7, 11) is 0. The molecule has 0 bridgehead atoms. The van der Waals surface area contributed by atoms with Crippen molar-refractivity contribution in [3.05, 3.63) is 48.3 Å². The molecule has 2 fully saturated rings. The first-order chi connectivity index (χ1) is 10.7. The zero-order chi connectivity index (χ0) is 15.5. The molecule has 3 atom stereocenters. The smallest absolute Gasteiger partial charge is 0.254 e. The fourth-order valence-corrected chi connectivity index (χ4v) is 3.24. The lowest BCUT2D eigenvalue weighted by atomic mass is 10.0. The number of rotatable bonds is 4. The fourth-order valence-electron chi connectivity index (χ4n) is 3.24. The Morgan fingerprint density at radius 1 is 1.45 bits per heavy atom. The lowest BCUT2D eigenvalue weighted by molar-refractivity contribution is -0.0708. The van der Waals surface area contributed by atoms with Crippen LogP contribution in [0.4, 0.5) is 4.39 Å². The van der Waals surface area contributed by atoms with E-state index in [1.54, 1.807) is 6.08 Å². The van der Waals surface area contributed by atoms with Crippen LogP contribution in [0.2, 0.25) is 0 Å². The van der Waals surface area contributed by atoms with Crippen LogP contribution in [0.25, 0.3) is 0 Å². The zero-order valence-electron chi connectivity index (χ0n) is 12.4. The molecule has 0 spiro atoms. The van der Waals surface area contributed by atoms with Crippen LogP contribution in [-0.4, -0.2) is 48.8 Å². The summed E-state index contributed by atoms with van der Waals surface area (Å²) >= 11 is 0. The standard InChI is InChI=1S/C17H20FNO3/c1-2-9-21-15-11-19(14-4-3-10-22-16(14)15)17(20)12-5-7-13(18)8-6-12/h2,5-8,14-16H,1,3-4,9-11H2/t14-,15+,16+/m1/s1. The summed E-state index contributed by atoms with van der Waals surface area (Å²) < 4.78 is 24.6. The maximum Gasteiger partial charge on any atom is 0.254 e. The van der Waals surface area contributed by atoms with E-state index in [-0.39, 0.29) is 30.0 Å². The minimum absolute atomic E-state index is 0.0288. The third kappa shape index (κ3) is 2.91. The van der Waals surface area contributed by atoms with Gasteiger partial charge in [0, 0.05) is 12.2 Å². The highest BCUT2D eigenvalue weighted by atomic mass is 19.1. The molecule has 3 rings (SSSR count). The zero-order valence-corrected chi connectivity index (χ0v) is 12.4. The molecular weight excluding hydrogens is 285 g/mol. The Labute approximate surface area is 129 Å². The van der Waals surface area contributed by atoms with Gasteiger partial charge < -0.3 is 14.4 Å². The SMILES string of the molecule is C=CCO[C@H]1CN(C(=O)c2ccc(F)cc2)[C@@H]2CCCO[C@H]12. The fraction of sp³-hybridized carbons (Fsp3) is 0.471. The van der Waals surface area contributed by atoms with E-state index in [4.69, 9.17) is 9.47 Å². The third-order valence-electron chi connectivity index (χ3n) is 4.26. The number of amides is 1. The van der Waals surface area contributed by atoms with Crippen LogP contribution in [0.15, 0.2) is 36.9 Å². The van der Waals surface area contributed by atoms with Gasteiger partial charge in [-0.3, -0.25) is 4.79 Å². The molecule has 1 aromatic carbocycles. The van der Waals surface area contributed by atoms with Crippen molar-refractivity contribution >= 4 is 5.91 Å². The van der Waals surface area contributed by atoms with E-state index < -0.39 is 0 Å². The van der Waals surface area contributed by atoms with Crippen LogP contribution in [0, 0.1) is 5.82 Å². The molecule has 0 saturated carbocycles. The first-order valence-electron chi connectivity index (χ1n) is 7.61. The molecule has 0 aromatic heterocycles. The molecule has 1 amide bonds. The Balaban J connectivity index is 1.78. The van der Waals surface area contributed by atoms with Gasteiger partial charge in [0.05, 0.1) is 19.2 Å². The minimum atomic E-state index is -0.343. The van der Waals surface area contributed by atoms with Crippen molar-refractivity contribution in [3.63, 3.8) is 0 Å². The van der Waals surface area contributed by atoms with Gasteiger partial charge >= 0.3 is 0 Å². The quantitative estimate of drug-likeness (QED) is 0.802. The second-order valence-electron chi connectivity index (χ2n) is 5.67. The van der Waals surface area contributed by atoms with Gasteiger partial charge in [-0.2, -0.15) is 0 Å². The summed E-state index contributed by atoms with van der Waals surface area (Å²) in [4.78, 5) is 14.5. The number of carbonyl (C=O) groups excluding carboxylic acids is 1. The maximum atomic E-state index is 13.0. The average Bonchev–Trinajstić information content (AvgIpc) is 2.92. The predicted molar refractivity (Wildman–Crippen MR) is 80.1 cm³/mol. The number of nitrogens with zero attached hydrogens (tertiary/aromatic N) is 1. The monoisotopic (exact) mass is 305 g/mol. The van der Waals surface area contributed by atoms with Gasteiger partial charge in [0.2, 0.25) is 0 Å². The number of halogens is 1. The first kappa shape index (κ1) is 15.2. The lowest BCUT2D eigenvalue weighted by Crippen LogP contribution is -2.43. The molecule has 5 heteroatoms. The van der Waals surface area contributed by atoms with Crippen molar-refractivity contribution in [2.45, 2.75) is 31.1 Å². The number of likely N-dealkylation sites (tertiary alicyclic amines) is 1. The molecule has 22 heavy (non-hydrogen) atoms. The van der Waals surface area contributed by atoms with Gasteiger partial charge in [-0.1, -0.05) is 6.08 Å². The van der Waals surface area contributed by atoms with E-state index in [0.717, 1.165) is 12.8 Å². The van der Waals surface area contributed by atoms with Crippen molar-refractivity contribution in [1.29, 1.82) is 0 Å². The summed E-state index contributed by atoms with van der Waals surface area (Å²) in [5.74, 6) is -0.436. The van der Waals surface area contributed by atoms with E-state index in [0.29, 0.717) is 25.3 Å². The molecule has 0 aliphatic carbocycles. The maximum absolute atomic E-state index is 13.0. The summed E-state index contributed by atoms with van der Waals surface area (Å²) in [6, 6.07) is 5.69. The highest BCUT2D eigenvalue weighted by Crippen LogP contribution is 2.31. The predicted octanol–water partition coefficient (Wildman–Crippen LogP) is 2.40. The van der Waals surface area contributed by atoms with E-state index in [9.17, 15) is 9.18 Å². The van der Waals surface area contributed by atoms with Gasteiger partial charge in [-0.05, 0) is 37.1 Å². The lowest BCUT2D eigenvalue weighted by Gasteiger charge is -2.32. The molecule has 2 saturated heterocycles. The Morgan fingerprint density at radius 2 is 2.23 bits per heavy atom. The van der Waals surface area contributed by atoms with E-state index in [1.807, 2.05) is 4.90 Å². The average molecular weight is 305 g/mol. The second-order valence-corrected chi connectivity index (χ2v) is 5.67. The Kier molecular flexibility index (Phi) is 4.55. The first-order valence-corrected chi connectivity index (χ1v) is 7.61. The van der Waals surface area contributed by atoms with Crippen LogP contribution in [0.5, 0.6) is 0 Å². The van der Waals surface area contributed by atoms with Gasteiger partial charge in [0.25, 0.3) is 5.91 Å². The van der Waals surface area contributed by atoms with Gasteiger partial charge in [0.1, 0.15) is 18.0 Å². The van der Waals surface area contributed by atoms with Crippen LogP contribution in [-0.2, 0) is 9.47 Å². The van der Waals surface area contributed by atoms with Crippen LogP contribution in [0.3, 0.4) is 0 Å². The molecule has 2 aliphatic heterocycles. The Morgan fingerprint density at radius 3 is 2.95 bits per heavy atom. The van der Waals surface area contributed by atoms with Crippen LogP contribution in [0.1, 0.15) is 23.2 Å². The van der Waals surface area contributed by atoms with Gasteiger partial charge in [-0.15, -0.1) is 6.58 Å². The summed E-state index contributed by atoms with van der Waals surface area (Å²) in [6.07, 6.45) is 3.32. The number of carbonyl (C=O) groups is 1. The van der Waals surface area contributed by atoms with Crippen molar-refractivity contribution in [2.24, 2.45) is 0 Å². The van der Waals surface area contributed by atoms with Crippen LogP contribution >= 0.6 is 0 Å². The number of benzene rings is 1. The molecule has 1 aromatic rings. The third-order valence-corrected chi connectivity index (χ3v) is 4.26. The topological polar surface area (TPSA) is 38.8 Å². The molecule has 118 valence electrons. The molecule has 2 heterocycles. The molecule has 0 unspecified atom stereocenters. The van der Waals surface area contributed by atoms with Crippen molar-refractivity contribution in [2.75, 3.05) is 19.8 Å². The van der Waals surface area contributed by atoms with Crippen molar-refractivity contribution in [3.8, 4) is 0 Å². The number of hydrogen-bond acceptors (Lipinski definition) is 3. The summed E-state index contributed by atoms with van der Waals surface area (Å²) in [5.41, 5.74) is 0.495. The number of fused-ring (bicyclic) bond motifs is 1. The van der Waals surface area contributed by atoms with Crippen LogP contribution < -0.4 is 0 Å². The Hall–Kier alpha value is -1.72. The second kappa shape index (κ2) is 6.58. The number of ether oxygens (including phenoxy) is 2. The molecule has 0 N–H and O–H groups in total. The minimum Gasteiger partial charge on any atom is -0.373 e. The van der Waals surface area contributed by atoms with Crippen molar-refractivity contribution < 1.29 is 18.7 Å². The summed E-state index contributed by atoms with van der Waals surface area (Å²) in [6.45, 7) is 5.30. The van der Waals surface area contributed by atoms with Gasteiger partial charge in [0.15, 0.2) is 0 Å². The normalized spacial score (nSPS) is 27.5. The molecule has 2 aliphatic rings. The summed E-state index contributed by atoms with van der Waals surface area (Å²) in [5, 5.41) is 0. The van der Waals surface area contributed by atoms with E-state index >= 15 is 0 Å². The highest BCUT2D eigenvalue weighted by Gasteiger charge is 2.46. The molecular formula is C17H20FNO3. The van der Waals surface area contributed by atoms with E-state index in [2.05, 4.69) is 6.58 Å². The van der Waals surface area contributed by atoms with Crippen molar-refractivity contribution in [1.82, 2.24) is 4.90 Å².